The highest BCUT2D eigenvalue weighted by molar-refractivity contribution is 7.89. The number of rotatable bonds is 4. The van der Waals surface area contributed by atoms with Gasteiger partial charge in [0.1, 0.15) is 6.04 Å². The molecule has 1 aliphatic carbocycles. The Morgan fingerprint density at radius 3 is 2.67 bits per heavy atom. The standard InChI is InChI=1S/C15H19NO4S/c1-2-20-15(17)14-11-8-9-12(10-11)16(14)21(18,19)13-6-4-3-5-7-13/h3-7,11-12,14H,2,8-10H2,1H3. The molecule has 1 aromatic rings. The first-order valence-electron chi connectivity index (χ1n) is 7.31. The van der Waals surface area contributed by atoms with Crippen LogP contribution in [0.5, 0.6) is 0 Å². The van der Waals surface area contributed by atoms with Crippen LogP contribution in [0.4, 0.5) is 0 Å². The Kier molecular flexibility index (Phi) is 3.75. The van der Waals surface area contributed by atoms with E-state index in [1.54, 1.807) is 37.3 Å². The predicted molar refractivity (Wildman–Crippen MR) is 77.0 cm³/mol. The van der Waals surface area contributed by atoms with E-state index in [1.165, 1.54) is 4.31 Å². The molecule has 2 fully saturated rings. The maximum Gasteiger partial charge on any atom is 0.324 e. The summed E-state index contributed by atoms with van der Waals surface area (Å²) in [6.07, 6.45) is 2.48. The van der Waals surface area contributed by atoms with E-state index in [4.69, 9.17) is 4.74 Å². The van der Waals surface area contributed by atoms with Crippen molar-refractivity contribution in [3.8, 4) is 0 Å². The lowest BCUT2D eigenvalue weighted by Gasteiger charge is -2.32. The summed E-state index contributed by atoms with van der Waals surface area (Å²) in [5.41, 5.74) is 0. The summed E-state index contributed by atoms with van der Waals surface area (Å²) in [6, 6.07) is 7.58. The highest BCUT2D eigenvalue weighted by Crippen LogP contribution is 2.45. The smallest absolute Gasteiger partial charge is 0.324 e. The van der Waals surface area contributed by atoms with Crippen LogP contribution < -0.4 is 0 Å². The largest absolute Gasteiger partial charge is 0.465 e. The number of sulfonamides is 1. The van der Waals surface area contributed by atoms with Gasteiger partial charge in [-0.05, 0) is 44.2 Å². The van der Waals surface area contributed by atoms with Gasteiger partial charge in [-0.25, -0.2) is 8.42 Å². The van der Waals surface area contributed by atoms with Crippen LogP contribution in [0.15, 0.2) is 35.2 Å². The number of carbonyl (C=O) groups excluding carboxylic acids is 1. The minimum Gasteiger partial charge on any atom is -0.465 e. The number of esters is 1. The Hall–Kier alpha value is -1.40. The number of hydrogen-bond acceptors (Lipinski definition) is 4. The van der Waals surface area contributed by atoms with Crippen LogP contribution in [-0.4, -0.2) is 37.4 Å². The van der Waals surface area contributed by atoms with Crippen molar-refractivity contribution in [3.05, 3.63) is 30.3 Å². The van der Waals surface area contributed by atoms with Crippen LogP contribution in [0.1, 0.15) is 26.2 Å². The molecule has 0 amide bonds. The van der Waals surface area contributed by atoms with Crippen molar-refractivity contribution in [1.82, 2.24) is 4.31 Å². The Balaban J connectivity index is 1.97. The highest BCUT2D eigenvalue weighted by Gasteiger charge is 2.55. The van der Waals surface area contributed by atoms with Crippen molar-refractivity contribution in [2.45, 2.75) is 43.2 Å². The number of benzene rings is 1. The van der Waals surface area contributed by atoms with Gasteiger partial charge >= 0.3 is 5.97 Å². The molecule has 21 heavy (non-hydrogen) atoms. The van der Waals surface area contributed by atoms with Gasteiger partial charge in [-0.15, -0.1) is 0 Å². The molecular weight excluding hydrogens is 290 g/mol. The lowest BCUT2D eigenvalue weighted by Crippen LogP contribution is -2.49. The zero-order valence-electron chi connectivity index (χ0n) is 11.9. The topological polar surface area (TPSA) is 63.7 Å². The molecule has 2 bridgehead atoms. The van der Waals surface area contributed by atoms with E-state index >= 15 is 0 Å². The van der Waals surface area contributed by atoms with Crippen molar-refractivity contribution < 1.29 is 17.9 Å². The van der Waals surface area contributed by atoms with Crippen LogP contribution >= 0.6 is 0 Å². The fraction of sp³-hybridized carbons (Fsp3) is 0.533. The third-order valence-electron chi connectivity index (χ3n) is 4.37. The summed E-state index contributed by atoms with van der Waals surface area (Å²) in [5, 5.41) is 0. The van der Waals surface area contributed by atoms with Gasteiger partial charge in [-0.3, -0.25) is 4.79 Å². The minimum atomic E-state index is -3.65. The summed E-state index contributed by atoms with van der Waals surface area (Å²) < 4.78 is 32.2. The van der Waals surface area contributed by atoms with Gasteiger partial charge < -0.3 is 4.74 Å². The maximum absolute atomic E-state index is 12.9. The maximum atomic E-state index is 12.9. The Morgan fingerprint density at radius 1 is 1.29 bits per heavy atom. The summed E-state index contributed by atoms with van der Waals surface area (Å²) >= 11 is 0. The molecule has 0 radical (unpaired) electrons. The molecule has 1 saturated carbocycles. The van der Waals surface area contributed by atoms with E-state index in [2.05, 4.69) is 0 Å². The number of hydrogen-bond donors (Lipinski definition) is 0. The van der Waals surface area contributed by atoms with Crippen molar-refractivity contribution in [3.63, 3.8) is 0 Å². The molecule has 0 N–H and O–H groups in total. The molecule has 114 valence electrons. The van der Waals surface area contributed by atoms with E-state index in [0.29, 0.717) is 0 Å². The normalized spacial score (nSPS) is 28.7. The van der Waals surface area contributed by atoms with Crippen molar-refractivity contribution in [2.75, 3.05) is 6.61 Å². The van der Waals surface area contributed by atoms with Gasteiger partial charge in [0.15, 0.2) is 0 Å². The fourth-order valence-corrected chi connectivity index (χ4v) is 5.41. The third kappa shape index (κ3) is 2.36. The van der Waals surface area contributed by atoms with Crippen LogP contribution in [-0.2, 0) is 19.6 Å². The zero-order chi connectivity index (χ0) is 15.0. The second-order valence-electron chi connectivity index (χ2n) is 5.57. The van der Waals surface area contributed by atoms with E-state index in [0.717, 1.165) is 19.3 Å². The second kappa shape index (κ2) is 5.42. The molecule has 6 heteroatoms. The average Bonchev–Trinajstić information content (AvgIpc) is 3.09. The third-order valence-corrected chi connectivity index (χ3v) is 6.32. The lowest BCUT2D eigenvalue weighted by atomic mass is 10.0. The van der Waals surface area contributed by atoms with Gasteiger partial charge in [0, 0.05) is 6.04 Å². The van der Waals surface area contributed by atoms with Crippen molar-refractivity contribution >= 4 is 16.0 Å². The molecule has 1 aliphatic heterocycles. The molecule has 0 spiro atoms. The quantitative estimate of drug-likeness (QED) is 0.796. The molecule has 3 unspecified atom stereocenters. The fourth-order valence-electron chi connectivity index (χ4n) is 3.53. The predicted octanol–water partition coefficient (Wildman–Crippen LogP) is 1.79. The van der Waals surface area contributed by atoms with E-state index in [9.17, 15) is 13.2 Å². The van der Waals surface area contributed by atoms with E-state index in [1.807, 2.05) is 0 Å². The first kappa shape index (κ1) is 14.5. The monoisotopic (exact) mass is 309 g/mol. The van der Waals surface area contributed by atoms with Gasteiger partial charge in [0.25, 0.3) is 0 Å². The molecule has 1 aromatic carbocycles. The van der Waals surface area contributed by atoms with Crippen molar-refractivity contribution in [1.29, 1.82) is 0 Å². The molecule has 3 atom stereocenters. The SMILES string of the molecule is CCOC(=O)C1C2CCC(C2)N1S(=O)(=O)c1ccccc1. The second-order valence-corrected chi connectivity index (χ2v) is 7.42. The van der Waals surface area contributed by atoms with Crippen LogP contribution in [0.2, 0.25) is 0 Å². The van der Waals surface area contributed by atoms with Gasteiger partial charge in [0.05, 0.1) is 11.5 Å². The first-order valence-corrected chi connectivity index (χ1v) is 8.75. The summed E-state index contributed by atoms with van der Waals surface area (Å²) in [7, 11) is -3.65. The molecule has 5 nitrogen and oxygen atoms in total. The first-order chi connectivity index (χ1) is 10.1. The molecule has 3 rings (SSSR count). The van der Waals surface area contributed by atoms with Crippen LogP contribution in [0.25, 0.3) is 0 Å². The van der Waals surface area contributed by atoms with Crippen LogP contribution in [0.3, 0.4) is 0 Å². The number of fused-ring (bicyclic) bond motifs is 2. The lowest BCUT2D eigenvalue weighted by molar-refractivity contribution is -0.149. The molecule has 2 aliphatic rings. The molecular formula is C15H19NO4S. The molecule has 0 aromatic heterocycles. The number of piperidine rings is 1. The summed E-state index contributed by atoms with van der Waals surface area (Å²) in [6.45, 7) is 2.01. The number of carbonyl (C=O) groups is 1. The molecule has 1 heterocycles. The average molecular weight is 309 g/mol. The Morgan fingerprint density at radius 2 is 2.00 bits per heavy atom. The number of nitrogens with zero attached hydrogens (tertiary/aromatic N) is 1. The van der Waals surface area contributed by atoms with Gasteiger partial charge in [-0.2, -0.15) is 4.31 Å². The summed E-state index contributed by atoms with van der Waals surface area (Å²) in [4.78, 5) is 12.4. The zero-order valence-corrected chi connectivity index (χ0v) is 12.8. The van der Waals surface area contributed by atoms with Crippen molar-refractivity contribution in [2.24, 2.45) is 5.92 Å². The van der Waals surface area contributed by atoms with Crippen LogP contribution in [0, 0.1) is 5.92 Å². The van der Waals surface area contributed by atoms with Gasteiger partial charge in [-0.1, -0.05) is 18.2 Å². The van der Waals surface area contributed by atoms with Gasteiger partial charge in [0.2, 0.25) is 10.0 Å². The van der Waals surface area contributed by atoms with E-state index < -0.39 is 22.0 Å². The summed E-state index contributed by atoms with van der Waals surface area (Å²) in [5.74, 6) is -0.322. The Labute approximate surface area is 124 Å². The Bertz CT molecular complexity index is 628. The minimum absolute atomic E-state index is 0.0744. The number of ether oxygens (including phenoxy) is 1. The molecule has 1 saturated heterocycles. The van der Waals surface area contributed by atoms with E-state index in [-0.39, 0.29) is 23.5 Å². The highest BCUT2D eigenvalue weighted by atomic mass is 32.2.